The lowest BCUT2D eigenvalue weighted by molar-refractivity contribution is -0.141. The summed E-state index contributed by atoms with van der Waals surface area (Å²) in [6.45, 7) is 0. The molecule has 0 radical (unpaired) electrons. The lowest BCUT2D eigenvalue weighted by Gasteiger charge is -2.09. The molecule has 0 saturated carbocycles. The van der Waals surface area contributed by atoms with Gasteiger partial charge in [-0.1, -0.05) is 24.3 Å². The van der Waals surface area contributed by atoms with Crippen molar-refractivity contribution in [3.63, 3.8) is 0 Å². The van der Waals surface area contributed by atoms with E-state index in [9.17, 15) is 22.4 Å². The Morgan fingerprint density at radius 1 is 1.08 bits per heavy atom. The van der Waals surface area contributed by atoms with Gasteiger partial charge in [0, 0.05) is 18.2 Å². The summed E-state index contributed by atoms with van der Waals surface area (Å²) in [6.07, 6.45) is -4.62. The minimum atomic E-state index is -4.62. The molecule has 0 unspecified atom stereocenters. The number of benzene rings is 2. The molecule has 26 heavy (non-hydrogen) atoms. The number of carbonyl (C=O) groups excluding carboxylic acids is 1. The Morgan fingerprint density at radius 2 is 1.77 bits per heavy atom. The summed E-state index contributed by atoms with van der Waals surface area (Å²) in [4.78, 5) is 11.5. The Morgan fingerprint density at radius 3 is 2.35 bits per heavy atom. The average molecular weight is 363 g/mol. The van der Waals surface area contributed by atoms with E-state index >= 15 is 0 Å². The molecule has 0 aliphatic heterocycles. The van der Waals surface area contributed by atoms with Gasteiger partial charge in [0.1, 0.15) is 5.82 Å². The number of carbonyl (C=O) groups is 1. The first-order chi connectivity index (χ1) is 12.2. The van der Waals surface area contributed by atoms with Crippen LogP contribution < -0.4 is 5.73 Å². The molecule has 3 rings (SSSR count). The molecule has 0 fully saturated rings. The quantitative estimate of drug-likeness (QED) is 0.715. The molecule has 2 N–H and O–H groups in total. The van der Waals surface area contributed by atoms with Crippen molar-refractivity contribution in [3.05, 3.63) is 65.6 Å². The van der Waals surface area contributed by atoms with Crippen LogP contribution in [0.3, 0.4) is 0 Å². The average Bonchev–Trinajstić information content (AvgIpc) is 2.96. The number of halogens is 4. The van der Waals surface area contributed by atoms with Crippen LogP contribution in [-0.4, -0.2) is 15.7 Å². The first kappa shape index (κ1) is 17.7. The molecule has 4 nitrogen and oxygen atoms in total. The zero-order valence-corrected chi connectivity index (χ0v) is 13.5. The number of hydrogen-bond acceptors (Lipinski definition) is 2. The summed E-state index contributed by atoms with van der Waals surface area (Å²) in [5.74, 6) is -1.40. The summed E-state index contributed by atoms with van der Waals surface area (Å²) >= 11 is 0. The van der Waals surface area contributed by atoms with E-state index in [0.717, 1.165) is 16.8 Å². The molecule has 0 atom stereocenters. The molecule has 0 spiro atoms. The highest BCUT2D eigenvalue weighted by atomic mass is 19.4. The lowest BCUT2D eigenvalue weighted by Crippen LogP contribution is -2.12. The van der Waals surface area contributed by atoms with Gasteiger partial charge in [0.2, 0.25) is 5.91 Å². The van der Waals surface area contributed by atoms with Crippen LogP contribution in [0.4, 0.5) is 17.6 Å². The van der Waals surface area contributed by atoms with Crippen molar-refractivity contribution < 1.29 is 22.4 Å². The van der Waals surface area contributed by atoms with E-state index in [0.29, 0.717) is 11.1 Å². The maximum atomic E-state index is 14.6. The number of rotatable bonds is 3. The second-order valence-corrected chi connectivity index (χ2v) is 5.64. The standard InChI is InChI=1S/C18H13F4N3O/c1-25-15(9-16(24-25)18(20,21)22)13-7-6-10(8-14(13)19)11-4-2-3-5-12(11)17(23)26/h2-9H,1H3,(H2,23,26). The Bertz CT molecular complexity index is 992. The van der Waals surface area contributed by atoms with Crippen LogP contribution in [0.25, 0.3) is 22.4 Å². The van der Waals surface area contributed by atoms with Crippen LogP contribution in [-0.2, 0) is 13.2 Å². The highest BCUT2D eigenvalue weighted by Gasteiger charge is 2.35. The fourth-order valence-corrected chi connectivity index (χ4v) is 2.70. The number of primary amides is 1. The smallest absolute Gasteiger partial charge is 0.366 e. The number of nitrogens with two attached hydrogens (primary N) is 1. The van der Waals surface area contributed by atoms with Crippen LogP contribution in [0.2, 0.25) is 0 Å². The summed E-state index contributed by atoms with van der Waals surface area (Å²) in [5, 5.41) is 3.38. The first-order valence-electron chi connectivity index (χ1n) is 7.49. The van der Waals surface area contributed by atoms with Gasteiger partial charge in [-0.25, -0.2) is 4.39 Å². The molecular weight excluding hydrogens is 350 g/mol. The van der Waals surface area contributed by atoms with E-state index in [-0.39, 0.29) is 16.8 Å². The molecule has 134 valence electrons. The minimum Gasteiger partial charge on any atom is -0.366 e. The van der Waals surface area contributed by atoms with Gasteiger partial charge in [-0.2, -0.15) is 18.3 Å². The van der Waals surface area contributed by atoms with Crippen molar-refractivity contribution in [2.75, 3.05) is 0 Å². The van der Waals surface area contributed by atoms with E-state index < -0.39 is 23.6 Å². The van der Waals surface area contributed by atoms with Crippen LogP contribution in [0, 0.1) is 5.82 Å². The van der Waals surface area contributed by atoms with Crippen molar-refractivity contribution >= 4 is 5.91 Å². The Kier molecular flexibility index (Phi) is 4.27. The molecule has 1 amide bonds. The SMILES string of the molecule is Cn1nc(C(F)(F)F)cc1-c1ccc(-c2ccccc2C(N)=O)cc1F. The fourth-order valence-electron chi connectivity index (χ4n) is 2.70. The van der Waals surface area contributed by atoms with Gasteiger partial charge in [-0.3, -0.25) is 9.48 Å². The summed E-state index contributed by atoms with van der Waals surface area (Å²) in [7, 11) is 1.31. The van der Waals surface area contributed by atoms with E-state index in [1.807, 2.05) is 0 Å². The fraction of sp³-hybridized carbons (Fsp3) is 0.111. The zero-order valence-electron chi connectivity index (χ0n) is 13.5. The number of hydrogen-bond donors (Lipinski definition) is 1. The molecular formula is C18H13F4N3O. The van der Waals surface area contributed by atoms with Gasteiger partial charge in [0.15, 0.2) is 5.69 Å². The van der Waals surface area contributed by atoms with Crippen molar-refractivity contribution in [3.8, 4) is 22.4 Å². The molecule has 0 saturated heterocycles. The maximum absolute atomic E-state index is 14.6. The highest BCUT2D eigenvalue weighted by molar-refractivity contribution is 5.99. The lowest BCUT2D eigenvalue weighted by atomic mass is 9.97. The molecule has 0 aliphatic rings. The summed E-state index contributed by atoms with van der Waals surface area (Å²) < 4.78 is 53.9. The number of nitrogens with zero attached hydrogens (tertiary/aromatic N) is 2. The topological polar surface area (TPSA) is 60.9 Å². The molecule has 3 aromatic rings. The van der Waals surface area contributed by atoms with E-state index in [1.165, 1.54) is 25.2 Å². The predicted molar refractivity (Wildman–Crippen MR) is 87.6 cm³/mol. The van der Waals surface area contributed by atoms with Crippen molar-refractivity contribution in [1.29, 1.82) is 0 Å². The number of amides is 1. The highest BCUT2D eigenvalue weighted by Crippen LogP contribution is 2.34. The summed E-state index contributed by atoms with van der Waals surface area (Å²) in [6, 6.07) is 11.2. The predicted octanol–water partition coefficient (Wildman–Crippen LogP) is 4.01. The van der Waals surface area contributed by atoms with Crippen LogP contribution in [0.5, 0.6) is 0 Å². The molecule has 0 aliphatic carbocycles. The van der Waals surface area contributed by atoms with Crippen molar-refractivity contribution in [2.24, 2.45) is 12.8 Å². The molecule has 1 heterocycles. The first-order valence-corrected chi connectivity index (χ1v) is 7.49. The Balaban J connectivity index is 2.08. The van der Waals surface area contributed by atoms with Crippen LogP contribution in [0.1, 0.15) is 16.1 Å². The van der Waals surface area contributed by atoms with Gasteiger partial charge in [0.05, 0.1) is 5.69 Å². The Labute approximate surface area is 145 Å². The second-order valence-electron chi connectivity index (χ2n) is 5.64. The van der Waals surface area contributed by atoms with E-state index in [4.69, 9.17) is 5.73 Å². The third-order valence-corrected chi connectivity index (χ3v) is 3.92. The van der Waals surface area contributed by atoms with Crippen LogP contribution >= 0.6 is 0 Å². The second kappa shape index (κ2) is 6.29. The molecule has 2 aromatic carbocycles. The van der Waals surface area contributed by atoms with Crippen LogP contribution in [0.15, 0.2) is 48.5 Å². The monoisotopic (exact) mass is 363 g/mol. The van der Waals surface area contributed by atoms with Gasteiger partial charge in [-0.05, 0) is 35.4 Å². The number of aromatic nitrogens is 2. The summed E-state index contributed by atoms with van der Waals surface area (Å²) in [5.41, 5.74) is 5.23. The maximum Gasteiger partial charge on any atom is 0.435 e. The van der Waals surface area contributed by atoms with Gasteiger partial charge < -0.3 is 5.73 Å². The number of alkyl halides is 3. The van der Waals surface area contributed by atoms with E-state index in [2.05, 4.69) is 5.10 Å². The minimum absolute atomic E-state index is 0.00967. The number of aryl methyl sites for hydroxylation is 1. The molecule has 1 aromatic heterocycles. The van der Waals surface area contributed by atoms with E-state index in [1.54, 1.807) is 18.2 Å². The van der Waals surface area contributed by atoms with Gasteiger partial charge in [-0.15, -0.1) is 0 Å². The van der Waals surface area contributed by atoms with Gasteiger partial charge >= 0.3 is 6.18 Å². The molecule has 0 bridgehead atoms. The van der Waals surface area contributed by atoms with Gasteiger partial charge in [0.25, 0.3) is 0 Å². The third-order valence-electron chi connectivity index (χ3n) is 3.92. The Hall–Kier alpha value is -3.16. The van der Waals surface area contributed by atoms with Crippen molar-refractivity contribution in [1.82, 2.24) is 9.78 Å². The normalized spacial score (nSPS) is 11.6. The largest absolute Gasteiger partial charge is 0.435 e. The zero-order chi connectivity index (χ0) is 19.1. The molecule has 8 heteroatoms. The third kappa shape index (κ3) is 3.17. The van der Waals surface area contributed by atoms with Crippen molar-refractivity contribution in [2.45, 2.75) is 6.18 Å².